The van der Waals surface area contributed by atoms with Crippen molar-refractivity contribution in [2.24, 2.45) is 0 Å². The van der Waals surface area contributed by atoms with E-state index in [9.17, 15) is 9.90 Å². The van der Waals surface area contributed by atoms with Crippen molar-refractivity contribution in [1.82, 2.24) is 0 Å². The molecular weight excluding hydrogens is 360 g/mol. The van der Waals surface area contributed by atoms with Crippen LogP contribution in [-0.2, 0) is 9.53 Å². The van der Waals surface area contributed by atoms with Crippen molar-refractivity contribution in [2.75, 3.05) is 30.9 Å². The Labute approximate surface area is 164 Å². The van der Waals surface area contributed by atoms with Crippen LogP contribution in [0.4, 0.5) is 11.4 Å². The molecule has 0 radical (unpaired) electrons. The van der Waals surface area contributed by atoms with E-state index in [1.807, 2.05) is 0 Å². The molecule has 0 aliphatic rings. The Balaban J connectivity index is 2.13. The standard InChI is InChI=1S/C21H26N2O5/c1-2-27-19(11-12-20(25)23-17-9-5-4-8-16(17)22)21(26)15-7-3-6-10-18(15)28-14-13-24/h3-12,19,21,24,26H,2,13-14,22H2,1H3,(H,23,25)/b12-11+/t19-,21-/m0/s1. The van der Waals surface area contributed by atoms with Gasteiger partial charge in [0.1, 0.15) is 24.6 Å². The van der Waals surface area contributed by atoms with Crippen molar-refractivity contribution in [1.29, 1.82) is 0 Å². The molecule has 150 valence electrons. The topological polar surface area (TPSA) is 114 Å². The van der Waals surface area contributed by atoms with Crippen LogP contribution < -0.4 is 15.8 Å². The number of hydrogen-bond donors (Lipinski definition) is 4. The second-order valence-electron chi connectivity index (χ2n) is 5.91. The fraction of sp³-hybridized carbons (Fsp3) is 0.286. The summed E-state index contributed by atoms with van der Waals surface area (Å²) in [5.41, 5.74) is 7.29. The molecule has 0 saturated carbocycles. The van der Waals surface area contributed by atoms with Gasteiger partial charge in [-0.3, -0.25) is 4.79 Å². The fourth-order valence-electron chi connectivity index (χ4n) is 2.60. The van der Waals surface area contributed by atoms with E-state index in [4.69, 9.17) is 20.3 Å². The number of nitrogens with one attached hydrogen (secondary N) is 1. The average Bonchev–Trinajstić information content (AvgIpc) is 2.71. The van der Waals surface area contributed by atoms with E-state index in [2.05, 4.69) is 5.32 Å². The van der Waals surface area contributed by atoms with Crippen molar-refractivity contribution in [2.45, 2.75) is 19.1 Å². The zero-order valence-electron chi connectivity index (χ0n) is 15.7. The highest BCUT2D eigenvalue weighted by Gasteiger charge is 2.22. The van der Waals surface area contributed by atoms with E-state index in [1.165, 1.54) is 12.2 Å². The summed E-state index contributed by atoms with van der Waals surface area (Å²) in [6.45, 7) is 2.12. The van der Waals surface area contributed by atoms with Gasteiger partial charge in [0.2, 0.25) is 5.91 Å². The number of anilines is 2. The minimum atomic E-state index is -1.05. The van der Waals surface area contributed by atoms with Gasteiger partial charge in [-0.1, -0.05) is 30.3 Å². The number of hydrogen-bond acceptors (Lipinski definition) is 6. The molecule has 0 aromatic heterocycles. The van der Waals surface area contributed by atoms with Gasteiger partial charge >= 0.3 is 0 Å². The maximum Gasteiger partial charge on any atom is 0.248 e. The number of nitrogen functional groups attached to an aromatic ring is 1. The predicted molar refractivity (Wildman–Crippen MR) is 108 cm³/mol. The normalized spacial score (nSPS) is 13.2. The molecular formula is C21H26N2O5. The monoisotopic (exact) mass is 386 g/mol. The lowest BCUT2D eigenvalue weighted by atomic mass is 10.0. The number of rotatable bonds is 10. The van der Waals surface area contributed by atoms with Gasteiger partial charge in [0.05, 0.1) is 18.0 Å². The number of aliphatic hydroxyl groups is 2. The Morgan fingerprint density at radius 2 is 1.93 bits per heavy atom. The van der Waals surface area contributed by atoms with E-state index in [1.54, 1.807) is 55.5 Å². The minimum absolute atomic E-state index is 0.111. The lowest BCUT2D eigenvalue weighted by Gasteiger charge is -2.22. The van der Waals surface area contributed by atoms with Gasteiger partial charge in [0.15, 0.2) is 0 Å². The first kappa shape index (κ1) is 21.4. The van der Waals surface area contributed by atoms with E-state index in [0.717, 1.165) is 0 Å². The molecule has 2 rings (SSSR count). The maximum absolute atomic E-state index is 12.2. The molecule has 0 bridgehead atoms. The van der Waals surface area contributed by atoms with Crippen LogP contribution in [0.25, 0.3) is 0 Å². The summed E-state index contributed by atoms with van der Waals surface area (Å²) in [5.74, 6) is 0.0586. The number of carbonyl (C=O) groups is 1. The van der Waals surface area contributed by atoms with Gasteiger partial charge in [-0.25, -0.2) is 0 Å². The van der Waals surface area contributed by atoms with Crippen LogP contribution in [0.15, 0.2) is 60.7 Å². The minimum Gasteiger partial charge on any atom is -0.491 e. The van der Waals surface area contributed by atoms with Crippen molar-refractivity contribution >= 4 is 17.3 Å². The average molecular weight is 386 g/mol. The van der Waals surface area contributed by atoms with E-state index < -0.39 is 12.2 Å². The van der Waals surface area contributed by atoms with E-state index in [-0.39, 0.29) is 19.1 Å². The first-order valence-electron chi connectivity index (χ1n) is 9.02. The summed E-state index contributed by atoms with van der Waals surface area (Å²) in [6.07, 6.45) is 0.974. The van der Waals surface area contributed by atoms with E-state index in [0.29, 0.717) is 29.3 Å². The smallest absolute Gasteiger partial charge is 0.248 e. The molecule has 5 N–H and O–H groups in total. The number of carbonyl (C=O) groups excluding carboxylic acids is 1. The summed E-state index contributed by atoms with van der Waals surface area (Å²) in [4.78, 5) is 12.2. The second kappa shape index (κ2) is 11.1. The predicted octanol–water partition coefficient (Wildman–Crippen LogP) is 2.27. The number of amides is 1. The van der Waals surface area contributed by atoms with Gasteiger partial charge in [-0.05, 0) is 31.2 Å². The van der Waals surface area contributed by atoms with Crippen molar-refractivity contribution in [3.8, 4) is 5.75 Å². The Morgan fingerprint density at radius 1 is 1.21 bits per heavy atom. The lowest BCUT2D eigenvalue weighted by Crippen LogP contribution is -2.22. The Hall–Kier alpha value is -2.87. The third kappa shape index (κ3) is 6.09. The quantitative estimate of drug-likeness (QED) is 0.368. The Kier molecular flexibility index (Phi) is 8.48. The number of aliphatic hydroxyl groups excluding tert-OH is 2. The number of para-hydroxylation sites is 3. The van der Waals surface area contributed by atoms with E-state index >= 15 is 0 Å². The molecule has 7 nitrogen and oxygen atoms in total. The van der Waals surface area contributed by atoms with Gasteiger partial charge in [0, 0.05) is 18.2 Å². The summed E-state index contributed by atoms with van der Waals surface area (Å²) in [6, 6.07) is 13.9. The fourth-order valence-corrected chi connectivity index (χ4v) is 2.60. The molecule has 0 spiro atoms. The number of nitrogens with two attached hydrogens (primary N) is 1. The molecule has 0 saturated heterocycles. The highest BCUT2D eigenvalue weighted by atomic mass is 16.5. The van der Waals surface area contributed by atoms with Crippen LogP contribution in [0.2, 0.25) is 0 Å². The molecule has 2 aromatic rings. The summed E-state index contributed by atoms with van der Waals surface area (Å²) >= 11 is 0. The highest BCUT2D eigenvalue weighted by molar-refractivity contribution is 6.01. The molecule has 0 fully saturated rings. The van der Waals surface area contributed by atoms with Crippen molar-refractivity contribution < 1.29 is 24.5 Å². The van der Waals surface area contributed by atoms with Crippen molar-refractivity contribution in [3.63, 3.8) is 0 Å². The van der Waals surface area contributed by atoms with Crippen LogP contribution in [0.5, 0.6) is 5.75 Å². The summed E-state index contributed by atoms with van der Waals surface area (Å²) in [5, 5.41) is 22.4. The third-order valence-electron chi connectivity index (χ3n) is 3.91. The molecule has 0 aliphatic carbocycles. The van der Waals surface area contributed by atoms with Crippen LogP contribution in [0.1, 0.15) is 18.6 Å². The van der Waals surface area contributed by atoms with Crippen molar-refractivity contribution in [3.05, 3.63) is 66.2 Å². The summed E-state index contributed by atoms with van der Waals surface area (Å²) < 4.78 is 11.1. The maximum atomic E-state index is 12.2. The van der Waals surface area contributed by atoms with Gasteiger partial charge in [-0.15, -0.1) is 0 Å². The number of benzene rings is 2. The van der Waals surface area contributed by atoms with Crippen LogP contribution >= 0.6 is 0 Å². The molecule has 2 atom stereocenters. The van der Waals surface area contributed by atoms with Crippen LogP contribution in [0.3, 0.4) is 0 Å². The molecule has 1 amide bonds. The zero-order valence-corrected chi connectivity index (χ0v) is 15.7. The second-order valence-corrected chi connectivity index (χ2v) is 5.91. The first-order valence-corrected chi connectivity index (χ1v) is 9.02. The number of ether oxygens (including phenoxy) is 2. The van der Waals surface area contributed by atoms with Gasteiger partial charge in [0.25, 0.3) is 0 Å². The van der Waals surface area contributed by atoms with Gasteiger partial charge in [-0.2, -0.15) is 0 Å². The first-order chi connectivity index (χ1) is 13.6. The molecule has 0 unspecified atom stereocenters. The van der Waals surface area contributed by atoms with Gasteiger partial charge < -0.3 is 30.7 Å². The molecule has 28 heavy (non-hydrogen) atoms. The molecule has 7 heteroatoms. The van der Waals surface area contributed by atoms with Crippen LogP contribution in [-0.4, -0.2) is 42.0 Å². The Morgan fingerprint density at radius 3 is 2.64 bits per heavy atom. The third-order valence-corrected chi connectivity index (χ3v) is 3.91. The summed E-state index contributed by atoms with van der Waals surface area (Å²) in [7, 11) is 0. The van der Waals surface area contributed by atoms with Crippen LogP contribution in [0, 0.1) is 0 Å². The molecule has 0 aliphatic heterocycles. The highest BCUT2D eigenvalue weighted by Crippen LogP contribution is 2.29. The molecule has 0 heterocycles. The SMILES string of the molecule is CCO[C@@H](/C=C/C(=O)Nc1ccccc1N)[C@@H](O)c1ccccc1OCCO. The zero-order chi connectivity index (χ0) is 20.4. The lowest BCUT2D eigenvalue weighted by molar-refractivity contribution is -0.112. The largest absolute Gasteiger partial charge is 0.491 e. The molecule has 2 aromatic carbocycles. The Bertz CT molecular complexity index is 794.